The minimum atomic E-state index is -0.300. The smallest absolute Gasteiger partial charge is 0.233 e. The van der Waals surface area contributed by atoms with Gasteiger partial charge in [-0.05, 0) is 56.9 Å². The topological polar surface area (TPSA) is 101 Å². The summed E-state index contributed by atoms with van der Waals surface area (Å²) in [6, 6.07) is 16.1. The standard InChI is InChI=1S/C28H31N7OS/c1-5-24(27(36)29-16-20-12-10-17(2)11-13-20)37-28-30-23-9-7-6-8-22(23)26-31-25(34-35(26)28)15-14-21-18(3)32-33-19(21)4/h6-13,24H,5,14-16H2,1-4H3,(H,29,36)(H,32,33)/t24-/m1/s1. The molecule has 3 aromatic heterocycles. The van der Waals surface area contributed by atoms with Gasteiger partial charge in [-0.3, -0.25) is 9.89 Å². The van der Waals surface area contributed by atoms with Crippen LogP contribution in [0.5, 0.6) is 0 Å². The van der Waals surface area contributed by atoms with Gasteiger partial charge in [0, 0.05) is 24.0 Å². The summed E-state index contributed by atoms with van der Waals surface area (Å²) in [5.41, 5.74) is 7.16. The van der Waals surface area contributed by atoms with Gasteiger partial charge in [0.1, 0.15) is 0 Å². The van der Waals surface area contributed by atoms with Crippen molar-refractivity contribution in [3.63, 3.8) is 0 Å². The normalized spacial score (nSPS) is 12.3. The Hall–Kier alpha value is -3.72. The van der Waals surface area contributed by atoms with E-state index in [-0.39, 0.29) is 11.2 Å². The van der Waals surface area contributed by atoms with Gasteiger partial charge in [0.15, 0.2) is 16.6 Å². The lowest BCUT2D eigenvalue weighted by Crippen LogP contribution is -2.32. The van der Waals surface area contributed by atoms with Crippen molar-refractivity contribution in [2.45, 2.75) is 63.9 Å². The first-order valence-electron chi connectivity index (χ1n) is 12.6. The molecule has 0 bridgehead atoms. The van der Waals surface area contributed by atoms with Gasteiger partial charge in [-0.2, -0.15) is 9.61 Å². The van der Waals surface area contributed by atoms with Gasteiger partial charge in [-0.15, -0.1) is 5.10 Å². The van der Waals surface area contributed by atoms with Crippen LogP contribution in [0.4, 0.5) is 0 Å². The molecule has 0 radical (unpaired) electrons. The highest BCUT2D eigenvalue weighted by molar-refractivity contribution is 8.00. The number of aromatic nitrogens is 6. The number of amides is 1. The summed E-state index contributed by atoms with van der Waals surface area (Å²) >= 11 is 1.44. The van der Waals surface area contributed by atoms with E-state index in [1.54, 1.807) is 4.52 Å². The lowest BCUT2D eigenvalue weighted by Gasteiger charge is -2.15. The molecule has 5 rings (SSSR count). The van der Waals surface area contributed by atoms with Gasteiger partial charge < -0.3 is 5.32 Å². The van der Waals surface area contributed by atoms with Crippen molar-refractivity contribution >= 4 is 34.2 Å². The number of para-hydroxylation sites is 1. The molecule has 0 fully saturated rings. The van der Waals surface area contributed by atoms with E-state index < -0.39 is 0 Å². The van der Waals surface area contributed by atoms with Gasteiger partial charge in [-0.25, -0.2) is 9.97 Å². The number of nitrogens with one attached hydrogen (secondary N) is 2. The molecule has 0 aliphatic heterocycles. The van der Waals surface area contributed by atoms with Gasteiger partial charge in [0.25, 0.3) is 0 Å². The largest absolute Gasteiger partial charge is 0.351 e. The Kier molecular flexibility index (Phi) is 7.23. The van der Waals surface area contributed by atoms with Crippen LogP contribution < -0.4 is 5.32 Å². The summed E-state index contributed by atoms with van der Waals surface area (Å²) < 4.78 is 1.80. The van der Waals surface area contributed by atoms with Gasteiger partial charge in [0.2, 0.25) is 5.91 Å². The summed E-state index contributed by atoms with van der Waals surface area (Å²) in [4.78, 5) is 22.9. The maximum atomic E-state index is 13.1. The fourth-order valence-corrected chi connectivity index (χ4v) is 5.38. The van der Waals surface area contributed by atoms with Crippen LogP contribution in [0.1, 0.15) is 47.2 Å². The van der Waals surface area contributed by atoms with E-state index in [2.05, 4.69) is 34.6 Å². The molecule has 190 valence electrons. The number of carbonyl (C=O) groups excluding carboxylic acids is 1. The van der Waals surface area contributed by atoms with E-state index in [9.17, 15) is 4.79 Å². The predicted octanol–water partition coefficient (Wildman–Crippen LogP) is 4.90. The number of rotatable bonds is 9. The van der Waals surface area contributed by atoms with Gasteiger partial charge >= 0.3 is 0 Å². The third-order valence-electron chi connectivity index (χ3n) is 6.57. The molecule has 2 N–H and O–H groups in total. The molecule has 0 aliphatic rings. The Morgan fingerprint density at radius 2 is 1.84 bits per heavy atom. The SMILES string of the molecule is CC[C@@H](Sc1nc2ccccc2c2nc(CCc3c(C)n[nH]c3C)nn12)C(=O)NCc1ccc(C)cc1. The number of H-pyrrole nitrogens is 1. The number of aryl methyl sites for hydroxylation is 4. The van der Waals surface area contributed by atoms with Crippen molar-refractivity contribution in [1.82, 2.24) is 35.1 Å². The maximum absolute atomic E-state index is 13.1. The molecule has 0 unspecified atom stereocenters. The van der Waals surface area contributed by atoms with Crippen LogP contribution in [0.3, 0.4) is 0 Å². The Labute approximate surface area is 220 Å². The summed E-state index contributed by atoms with van der Waals surface area (Å²) in [7, 11) is 0. The summed E-state index contributed by atoms with van der Waals surface area (Å²) in [5, 5.41) is 16.6. The molecule has 8 nitrogen and oxygen atoms in total. The molecule has 3 heterocycles. The number of carbonyl (C=O) groups is 1. The third-order valence-corrected chi connectivity index (χ3v) is 7.88. The molecule has 0 aliphatic carbocycles. The number of hydrogen-bond donors (Lipinski definition) is 2. The Morgan fingerprint density at radius 3 is 2.57 bits per heavy atom. The summed E-state index contributed by atoms with van der Waals surface area (Å²) in [6.45, 7) is 8.61. The van der Waals surface area contributed by atoms with Crippen molar-refractivity contribution < 1.29 is 4.79 Å². The fourth-order valence-electron chi connectivity index (χ4n) is 4.39. The van der Waals surface area contributed by atoms with E-state index in [1.165, 1.54) is 22.9 Å². The Balaban J connectivity index is 1.40. The number of fused-ring (bicyclic) bond motifs is 3. The van der Waals surface area contributed by atoms with Gasteiger partial charge in [0.05, 0.1) is 16.5 Å². The first-order chi connectivity index (χ1) is 17.9. The van der Waals surface area contributed by atoms with Crippen LogP contribution in [-0.2, 0) is 24.2 Å². The highest BCUT2D eigenvalue weighted by atomic mass is 32.2. The molecular weight excluding hydrogens is 482 g/mol. The summed E-state index contributed by atoms with van der Waals surface area (Å²) in [5.74, 6) is 0.735. The van der Waals surface area contributed by atoms with Crippen molar-refractivity contribution in [2.75, 3.05) is 0 Å². The van der Waals surface area contributed by atoms with E-state index in [0.29, 0.717) is 24.5 Å². The van der Waals surface area contributed by atoms with E-state index in [1.807, 2.05) is 57.2 Å². The van der Waals surface area contributed by atoms with Crippen molar-refractivity contribution in [3.05, 3.63) is 82.4 Å². The van der Waals surface area contributed by atoms with E-state index in [4.69, 9.17) is 15.1 Å². The molecule has 0 saturated carbocycles. The predicted molar refractivity (Wildman–Crippen MR) is 147 cm³/mol. The number of nitrogens with zero attached hydrogens (tertiary/aromatic N) is 5. The monoisotopic (exact) mass is 513 g/mol. The second-order valence-electron chi connectivity index (χ2n) is 9.31. The highest BCUT2D eigenvalue weighted by Crippen LogP contribution is 2.28. The lowest BCUT2D eigenvalue weighted by atomic mass is 10.1. The average Bonchev–Trinajstić information content (AvgIpc) is 3.48. The molecule has 2 aromatic carbocycles. The molecule has 1 atom stereocenters. The van der Waals surface area contributed by atoms with Crippen LogP contribution >= 0.6 is 11.8 Å². The second kappa shape index (κ2) is 10.7. The second-order valence-corrected chi connectivity index (χ2v) is 10.5. The molecule has 1 amide bonds. The number of benzene rings is 2. The van der Waals surface area contributed by atoms with Crippen LogP contribution in [0.15, 0.2) is 53.7 Å². The lowest BCUT2D eigenvalue weighted by molar-refractivity contribution is -0.120. The average molecular weight is 514 g/mol. The number of thioether (sulfide) groups is 1. The fraction of sp³-hybridized carbons (Fsp3) is 0.321. The van der Waals surface area contributed by atoms with E-state index in [0.717, 1.165) is 45.7 Å². The molecule has 0 saturated heterocycles. The Morgan fingerprint density at radius 1 is 1.05 bits per heavy atom. The van der Waals surface area contributed by atoms with Crippen molar-refractivity contribution in [1.29, 1.82) is 0 Å². The molecule has 9 heteroatoms. The maximum Gasteiger partial charge on any atom is 0.233 e. The molecule has 0 spiro atoms. The molecule has 5 aromatic rings. The minimum Gasteiger partial charge on any atom is -0.351 e. The first-order valence-corrected chi connectivity index (χ1v) is 13.5. The minimum absolute atomic E-state index is 0.0116. The Bertz CT molecular complexity index is 1540. The zero-order chi connectivity index (χ0) is 25.9. The number of hydrogen-bond acceptors (Lipinski definition) is 6. The van der Waals surface area contributed by atoms with Crippen LogP contribution in [0.2, 0.25) is 0 Å². The zero-order valence-electron chi connectivity index (χ0n) is 21.6. The molecule has 37 heavy (non-hydrogen) atoms. The molecular formula is C28H31N7OS. The zero-order valence-corrected chi connectivity index (χ0v) is 22.4. The van der Waals surface area contributed by atoms with Crippen LogP contribution in [-0.4, -0.2) is 40.9 Å². The quantitative estimate of drug-likeness (QED) is 0.215. The van der Waals surface area contributed by atoms with Crippen molar-refractivity contribution in [2.24, 2.45) is 0 Å². The summed E-state index contributed by atoms with van der Waals surface area (Å²) in [6.07, 6.45) is 2.16. The first kappa shape index (κ1) is 25.0. The third kappa shape index (κ3) is 5.36. The highest BCUT2D eigenvalue weighted by Gasteiger charge is 2.22. The van der Waals surface area contributed by atoms with Crippen LogP contribution in [0, 0.1) is 20.8 Å². The number of aromatic amines is 1. The van der Waals surface area contributed by atoms with Crippen LogP contribution in [0.25, 0.3) is 16.6 Å². The van der Waals surface area contributed by atoms with Crippen molar-refractivity contribution in [3.8, 4) is 0 Å². The van der Waals surface area contributed by atoms with Gasteiger partial charge in [-0.1, -0.05) is 60.6 Å². The van der Waals surface area contributed by atoms with E-state index >= 15 is 0 Å².